The van der Waals surface area contributed by atoms with Gasteiger partial charge >= 0.3 is 6.09 Å². The van der Waals surface area contributed by atoms with Crippen LogP contribution in [0, 0.1) is 0 Å². The molecule has 0 spiro atoms. The Balaban J connectivity index is 0.00000392. The van der Waals surface area contributed by atoms with Gasteiger partial charge < -0.3 is 25.0 Å². The zero-order chi connectivity index (χ0) is 19.6. The van der Waals surface area contributed by atoms with Gasteiger partial charge in [0.25, 0.3) is 0 Å². The summed E-state index contributed by atoms with van der Waals surface area (Å²) in [4.78, 5) is 17.8. The lowest BCUT2D eigenvalue weighted by atomic mass is 10.1. The molecule has 0 aromatic heterocycles. The van der Waals surface area contributed by atoms with Crippen molar-refractivity contribution in [2.24, 2.45) is 4.99 Å². The maximum Gasteiger partial charge on any atom is 0.409 e. The first-order chi connectivity index (χ1) is 13.0. The van der Waals surface area contributed by atoms with Crippen molar-refractivity contribution in [3.05, 3.63) is 29.3 Å². The van der Waals surface area contributed by atoms with Crippen LogP contribution in [0.1, 0.15) is 26.7 Å². The minimum absolute atomic E-state index is 0. The van der Waals surface area contributed by atoms with Crippen LogP contribution in [0.25, 0.3) is 0 Å². The van der Waals surface area contributed by atoms with Gasteiger partial charge in [-0.3, -0.25) is 4.99 Å². The van der Waals surface area contributed by atoms with Gasteiger partial charge in [-0.25, -0.2) is 4.79 Å². The number of amides is 1. The Morgan fingerprint density at radius 2 is 2.11 bits per heavy atom. The monoisotopic (exact) mass is 524 g/mol. The van der Waals surface area contributed by atoms with Crippen LogP contribution >= 0.6 is 35.6 Å². The van der Waals surface area contributed by atoms with Crippen molar-refractivity contribution >= 4 is 47.6 Å². The van der Waals surface area contributed by atoms with E-state index in [2.05, 4.69) is 15.6 Å². The highest BCUT2D eigenvalue weighted by molar-refractivity contribution is 14.0. The molecule has 1 amide bonds. The van der Waals surface area contributed by atoms with E-state index in [9.17, 15) is 4.79 Å². The number of benzene rings is 1. The second kappa shape index (κ2) is 12.9. The van der Waals surface area contributed by atoms with Crippen LogP contribution in [0.4, 0.5) is 4.79 Å². The molecule has 1 fully saturated rings. The zero-order valence-electron chi connectivity index (χ0n) is 16.6. The second-order valence-corrected chi connectivity index (χ2v) is 6.88. The highest BCUT2D eigenvalue weighted by Gasteiger charge is 2.24. The fraction of sp³-hybridized carbons (Fsp3) is 0.579. The van der Waals surface area contributed by atoms with Gasteiger partial charge in [0, 0.05) is 31.2 Å². The first-order valence-electron chi connectivity index (χ1n) is 9.33. The maximum atomic E-state index is 11.8. The molecular weight excluding hydrogens is 495 g/mol. The summed E-state index contributed by atoms with van der Waals surface area (Å²) in [7, 11) is 1.74. The predicted octanol–water partition coefficient (Wildman–Crippen LogP) is 3.51. The molecule has 1 aliphatic rings. The number of carbonyl (C=O) groups excluding carboxylic acids is 1. The molecule has 0 radical (unpaired) electrons. The summed E-state index contributed by atoms with van der Waals surface area (Å²) in [5.41, 5.74) is 0. The molecule has 0 aliphatic carbocycles. The Morgan fingerprint density at radius 1 is 1.39 bits per heavy atom. The summed E-state index contributed by atoms with van der Waals surface area (Å²) in [5.74, 6) is 1.47. The van der Waals surface area contributed by atoms with Crippen LogP contribution in [0.3, 0.4) is 0 Å². The third-order valence-electron chi connectivity index (χ3n) is 4.28. The van der Waals surface area contributed by atoms with Crippen LogP contribution in [-0.4, -0.2) is 62.4 Å². The fourth-order valence-corrected chi connectivity index (χ4v) is 3.04. The number of nitrogens with zero attached hydrogens (tertiary/aromatic N) is 2. The van der Waals surface area contributed by atoms with Crippen molar-refractivity contribution in [1.29, 1.82) is 0 Å². The zero-order valence-corrected chi connectivity index (χ0v) is 19.7. The molecule has 9 heteroatoms. The van der Waals surface area contributed by atoms with Crippen molar-refractivity contribution in [3.8, 4) is 5.75 Å². The van der Waals surface area contributed by atoms with Crippen LogP contribution in [-0.2, 0) is 4.74 Å². The molecule has 1 atom stereocenters. The number of carbonyl (C=O) groups is 1. The summed E-state index contributed by atoms with van der Waals surface area (Å²) in [6, 6.07) is 7.62. The average Bonchev–Trinajstić information content (AvgIpc) is 2.65. The topological polar surface area (TPSA) is 75.2 Å². The van der Waals surface area contributed by atoms with Crippen molar-refractivity contribution in [3.63, 3.8) is 0 Å². The number of rotatable bonds is 6. The van der Waals surface area contributed by atoms with Gasteiger partial charge in [-0.2, -0.15) is 0 Å². The first kappa shape index (κ1) is 24.6. The Labute approximate surface area is 189 Å². The molecule has 0 bridgehead atoms. The minimum atomic E-state index is -0.231. The normalized spacial score (nSPS) is 16.0. The maximum absolute atomic E-state index is 11.8. The molecule has 1 aromatic carbocycles. The SMILES string of the molecule is CCOC(=O)N1CCC(NC(=NC)NCC(C)Oc2cccc(Cl)c2)CC1.I. The molecular formula is C19H30ClIN4O3. The van der Waals surface area contributed by atoms with E-state index in [-0.39, 0.29) is 42.2 Å². The van der Waals surface area contributed by atoms with E-state index in [0.717, 1.165) is 24.6 Å². The van der Waals surface area contributed by atoms with E-state index in [1.807, 2.05) is 32.0 Å². The number of piperidine rings is 1. The number of guanidine groups is 1. The summed E-state index contributed by atoms with van der Waals surface area (Å²) >= 11 is 5.98. The Kier molecular flexibility index (Phi) is 11.4. The summed E-state index contributed by atoms with van der Waals surface area (Å²) in [5, 5.41) is 7.34. The Hall–Kier alpha value is -1.42. The van der Waals surface area contributed by atoms with Crippen molar-refractivity contribution in [1.82, 2.24) is 15.5 Å². The standard InChI is InChI=1S/C19H29ClN4O3.HI/c1-4-26-19(25)24-10-8-16(9-11-24)23-18(21-3)22-13-14(2)27-17-7-5-6-15(20)12-17;/h5-7,12,14,16H,4,8-11,13H2,1-3H3,(H2,21,22,23);1H. The molecule has 7 nitrogen and oxygen atoms in total. The average molecular weight is 525 g/mol. The van der Waals surface area contributed by atoms with E-state index >= 15 is 0 Å². The number of aliphatic imine (C=N–C) groups is 1. The van der Waals surface area contributed by atoms with Crippen molar-refractivity contribution in [2.45, 2.75) is 38.8 Å². The minimum Gasteiger partial charge on any atom is -0.489 e. The van der Waals surface area contributed by atoms with Crippen LogP contribution in [0.15, 0.2) is 29.3 Å². The van der Waals surface area contributed by atoms with Gasteiger partial charge in [-0.1, -0.05) is 17.7 Å². The lowest BCUT2D eigenvalue weighted by molar-refractivity contribution is 0.0963. The van der Waals surface area contributed by atoms with Crippen molar-refractivity contribution in [2.75, 3.05) is 33.3 Å². The number of halogens is 2. The number of nitrogens with one attached hydrogen (secondary N) is 2. The van der Waals surface area contributed by atoms with E-state index in [1.165, 1.54) is 0 Å². The van der Waals surface area contributed by atoms with E-state index in [1.54, 1.807) is 18.0 Å². The highest BCUT2D eigenvalue weighted by atomic mass is 127. The van der Waals surface area contributed by atoms with Gasteiger partial charge in [0.2, 0.25) is 0 Å². The van der Waals surface area contributed by atoms with Gasteiger partial charge in [-0.05, 0) is 44.9 Å². The molecule has 1 unspecified atom stereocenters. The van der Waals surface area contributed by atoms with E-state index < -0.39 is 0 Å². The molecule has 1 aliphatic heterocycles. The first-order valence-corrected chi connectivity index (χ1v) is 9.70. The Morgan fingerprint density at radius 3 is 2.71 bits per heavy atom. The third-order valence-corrected chi connectivity index (χ3v) is 4.51. The summed E-state index contributed by atoms with van der Waals surface area (Å²) in [6.45, 7) is 6.18. The fourth-order valence-electron chi connectivity index (χ4n) is 2.86. The number of likely N-dealkylation sites (tertiary alicyclic amines) is 1. The molecule has 0 saturated carbocycles. The molecule has 1 heterocycles. The van der Waals surface area contributed by atoms with E-state index in [4.69, 9.17) is 21.1 Å². The summed E-state index contributed by atoms with van der Waals surface area (Å²) in [6.07, 6.45) is 1.43. The van der Waals surface area contributed by atoms with Crippen LogP contribution in [0.2, 0.25) is 5.02 Å². The van der Waals surface area contributed by atoms with E-state index in [0.29, 0.717) is 31.3 Å². The van der Waals surface area contributed by atoms with Crippen LogP contribution < -0.4 is 15.4 Å². The highest BCUT2D eigenvalue weighted by Crippen LogP contribution is 2.18. The van der Waals surface area contributed by atoms with Gasteiger partial charge in [0.05, 0.1) is 13.2 Å². The molecule has 1 saturated heterocycles. The molecule has 158 valence electrons. The Bertz CT molecular complexity index is 639. The van der Waals surface area contributed by atoms with Gasteiger partial charge in [0.15, 0.2) is 5.96 Å². The smallest absolute Gasteiger partial charge is 0.409 e. The van der Waals surface area contributed by atoms with Gasteiger partial charge in [-0.15, -0.1) is 24.0 Å². The quantitative estimate of drug-likeness (QED) is 0.338. The molecule has 1 aromatic rings. The third kappa shape index (κ3) is 8.30. The largest absolute Gasteiger partial charge is 0.489 e. The molecule has 2 N–H and O–H groups in total. The van der Waals surface area contributed by atoms with Crippen molar-refractivity contribution < 1.29 is 14.3 Å². The second-order valence-electron chi connectivity index (χ2n) is 6.44. The summed E-state index contributed by atoms with van der Waals surface area (Å²) < 4.78 is 10.9. The number of ether oxygens (including phenoxy) is 2. The molecule has 2 rings (SSSR count). The molecule has 28 heavy (non-hydrogen) atoms. The number of hydrogen-bond acceptors (Lipinski definition) is 4. The number of hydrogen-bond donors (Lipinski definition) is 2. The van der Waals surface area contributed by atoms with Crippen LogP contribution in [0.5, 0.6) is 5.75 Å². The lowest BCUT2D eigenvalue weighted by Crippen LogP contribution is -2.50. The van der Waals surface area contributed by atoms with Gasteiger partial charge in [0.1, 0.15) is 11.9 Å². The lowest BCUT2D eigenvalue weighted by Gasteiger charge is -2.32. The predicted molar refractivity (Wildman–Crippen MR) is 123 cm³/mol.